The Hall–Kier alpha value is -0.930. The Labute approximate surface area is 105 Å². The number of rotatable bonds is 1. The maximum Gasteiger partial charge on any atom is 0.0969 e. The Balaban J connectivity index is 1.57. The molecule has 2 aliphatic rings. The summed E-state index contributed by atoms with van der Waals surface area (Å²) in [7, 11) is 2.22. The molecule has 1 aromatic carbocycles. The van der Waals surface area contributed by atoms with Crippen LogP contribution in [0.5, 0.6) is 0 Å². The molecule has 0 atom stereocenters. The van der Waals surface area contributed by atoms with Crippen molar-refractivity contribution in [3.05, 3.63) is 29.3 Å². The molecule has 4 rings (SSSR count). The van der Waals surface area contributed by atoms with Gasteiger partial charge < -0.3 is 4.90 Å². The zero-order valence-electron chi connectivity index (χ0n) is 10.0. The molecule has 2 fully saturated rings. The number of likely N-dealkylation sites (tertiary alicyclic amines) is 1. The van der Waals surface area contributed by atoms with Crippen molar-refractivity contribution < 1.29 is 0 Å². The summed E-state index contributed by atoms with van der Waals surface area (Å²) in [5.41, 5.74) is 1.84. The monoisotopic (exact) mass is 244 g/mol. The van der Waals surface area contributed by atoms with Gasteiger partial charge in [-0.2, -0.15) is 0 Å². The van der Waals surface area contributed by atoms with Crippen LogP contribution in [0.2, 0.25) is 0 Å². The zero-order valence-corrected chi connectivity index (χ0v) is 10.8. The van der Waals surface area contributed by atoms with Crippen LogP contribution < -0.4 is 0 Å². The minimum atomic E-state index is 0.664. The van der Waals surface area contributed by atoms with Crippen molar-refractivity contribution in [3.8, 4) is 0 Å². The van der Waals surface area contributed by atoms with Crippen molar-refractivity contribution in [1.82, 2.24) is 9.88 Å². The quantitative estimate of drug-likeness (QED) is 0.766. The number of hydrogen-bond acceptors (Lipinski definition) is 3. The van der Waals surface area contributed by atoms with Gasteiger partial charge in [-0.1, -0.05) is 12.1 Å². The third-order valence-electron chi connectivity index (χ3n) is 4.23. The van der Waals surface area contributed by atoms with Gasteiger partial charge in [0.25, 0.3) is 0 Å². The van der Waals surface area contributed by atoms with E-state index in [1.807, 2.05) is 11.3 Å². The molecule has 1 aliphatic heterocycles. The van der Waals surface area contributed by atoms with Crippen LogP contribution >= 0.6 is 11.3 Å². The summed E-state index contributed by atoms with van der Waals surface area (Å²) in [6.45, 7) is 2.60. The van der Waals surface area contributed by atoms with E-state index in [9.17, 15) is 0 Å². The van der Waals surface area contributed by atoms with Crippen molar-refractivity contribution in [2.75, 3.05) is 20.1 Å². The van der Waals surface area contributed by atoms with Gasteiger partial charge >= 0.3 is 0 Å². The predicted molar refractivity (Wildman–Crippen MR) is 71.5 cm³/mol. The molecule has 17 heavy (non-hydrogen) atoms. The van der Waals surface area contributed by atoms with Gasteiger partial charge in [0.2, 0.25) is 0 Å². The van der Waals surface area contributed by atoms with Crippen molar-refractivity contribution in [1.29, 1.82) is 0 Å². The van der Waals surface area contributed by atoms with E-state index in [1.54, 1.807) is 0 Å². The van der Waals surface area contributed by atoms with Gasteiger partial charge in [0, 0.05) is 19.0 Å². The fourth-order valence-corrected chi connectivity index (χ4v) is 4.65. The van der Waals surface area contributed by atoms with Gasteiger partial charge in [0.05, 0.1) is 15.2 Å². The number of hydrogen-bond donors (Lipinski definition) is 0. The van der Waals surface area contributed by atoms with Gasteiger partial charge in [-0.25, -0.2) is 4.98 Å². The highest BCUT2D eigenvalue weighted by molar-refractivity contribution is 7.18. The van der Waals surface area contributed by atoms with E-state index in [0.29, 0.717) is 5.41 Å². The maximum absolute atomic E-state index is 4.78. The molecule has 2 heterocycles. The number of para-hydroxylation sites is 1. The lowest BCUT2D eigenvalue weighted by molar-refractivity contribution is -0.0584. The third kappa shape index (κ3) is 1.45. The van der Waals surface area contributed by atoms with E-state index < -0.39 is 0 Å². The van der Waals surface area contributed by atoms with Crippen LogP contribution in [0.4, 0.5) is 0 Å². The molecule has 1 aliphatic carbocycles. The van der Waals surface area contributed by atoms with Crippen molar-refractivity contribution in [2.24, 2.45) is 5.41 Å². The van der Waals surface area contributed by atoms with Crippen LogP contribution in [-0.2, 0) is 0 Å². The van der Waals surface area contributed by atoms with Gasteiger partial charge in [-0.05, 0) is 37.4 Å². The molecular formula is C14H16N2S. The van der Waals surface area contributed by atoms with Gasteiger partial charge in [0.15, 0.2) is 0 Å². The molecule has 0 bridgehead atoms. The Morgan fingerprint density at radius 2 is 2.06 bits per heavy atom. The van der Waals surface area contributed by atoms with E-state index in [4.69, 9.17) is 4.98 Å². The standard InChI is InChI=1S/C14H16N2S/c1-16-8-14(9-16)6-10(7-14)13-15-11-4-2-3-5-12(11)17-13/h2-5,10H,6-9H2,1H3. The first-order valence-electron chi connectivity index (χ1n) is 6.28. The van der Waals surface area contributed by atoms with Crippen LogP contribution in [0.15, 0.2) is 24.3 Å². The number of nitrogens with zero attached hydrogens (tertiary/aromatic N) is 2. The Kier molecular flexibility index (Phi) is 1.95. The lowest BCUT2D eigenvalue weighted by Crippen LogP contribution is -2.59. The first-order valence-corrected chi connectivity index (χ1v) is 7.10. The molecule has 1 aromatic heterocycles. The van der Waals surface area contributed by atoms with Crippen LogP contribution in [0.3, 0.4) is 0 Å². The fourth-order valence-electron chi connectivity index (χ4n) is 3.58. The highest BCUT2D eigenvalue weighted by Gasteiger charge is 2.52. The second kappa shape index (κ2) is 3.30. The number of benzene rings is 1. The van der Waals surface area contributed by atoms with Gasteiger partial charge in [-0.15, -0.1) is 11.3 Å². The number of thiazole rings is 1. The largest absolute Gasteiger partial charge is 0.305 e. The van der Waals surface area contributed by atoms with E-state index in [2.05, 4.69) is 36.2 Å². The van der Waals surface area contributed by atoms with Crippen molar-refractivity contribution in [3.63, 3.8) is 0 Å². The smallest absolute Gasteiger partial charge is 0.0969 e. The highest BCUT2D eigenvalue weighted by atomic mass is 32.1. The van der Waals surface area contributed by atoms with E-state index in [0.717, 1.165) is 5.92 Å². The number of fused-ring (bicyclic) bond motifs is 1. The molecule has 88 valence electrons. The molecule has 2 aromatic rings. The second-order valence-electron chi connectivity index (χ2n) is 5.80. The molecule has 0 unspecified atom stereocenters. The third-order valence-corrected chi connectivity index (χ3v) is 5.43. The highest BCUT2D eigenvalue weighted by Crippen LogP contribution is 2.56. The molecule has 0 N–H and O–H groups in total. The summed E-state index contributed by atoms with van der Waals surface area (Å²) >= 11 is 1.89. The van der Waals surface area contributed by atoms with E-state index in [-0.39, 0.29) is 0 Å². The zero-order chi connectivity index (χ0) is 11.5. The predicted octanol–water partition coefficient (Wildman–Crippen LogP) is 3.11. The molecule has 2 nitrogen and oxygen atoms in total. The topological polar surface area (TPSA) is 16.1 Å². The average molecular weight is 244 g/mol. The molecule has 3 heteroatoms. The summed E-state index contributed by atoms with van der Waals surface area (Å²) in [5, 5.41) is 1.37. The molecule has 1 saturated heterocycles. The van der Waals surface area contributed by atoms with Crippen LogP contribution in [0.25, 0.3) is 10.2 Å². The summed E-state index contributed by atoms with van der Waals surface area (Å²) in [6.07, 6.45) is 2.72. The lowest BCUT2D eigenvalue weighted by atomic mass is 9.58. The Bertz CT molecular complexity index is 527. The Morgan fingerprint density at radius 1 is 1.29 bits per heavy atom. The molecule has 0 radical (unpaired) electrons. The minimum absolute atomic E-state index is 0.664. The fraction of sp³-hybridized carbons (Fsp3) is 0.500. The molecular weight excluding hydrogens is 228 g/mol. The van der Waals surface area contributed by atoms with Gasteiger partial charge in [0.1, 0.15) is 0 Å². The van der Waals surface area contributed by atoms with Crippen LogP contribution in [0, 0.1) is 5.41 Å². The molecule has 1 saturated carbocycles. The molecule has 1 spiro atoms. The minimum Gasteiger partial charge on any atom is -0.305 e. The summed E-state index contributed by atoms with van der Waals surface area (Å²) in [5.74, 6) is 0.737. The van der Waals surface area contributed by atoms with Crippen molar-refractivity contribution >= 4 is 21.6 Å². The summed E-state index contributed by atoms with van der Waals surface area (Å²) < 4.78 is 1.34. The molecule has 0 amide bonds. The van der Waals surface area contributed by atoms with Crippen molar-refractivity contribution in [2.45, 2.75) is 18.8 Å². The first-order chi connectivity index (χ1) is 8.24. The second-order valence-corrected chi connectivity index (χ2v) is 6.86. The summed E-state index contributed by atoms with van der Waals surface area (Å²) in [6, 6.07) is 8.49. The SMILES string of the molecule is CN1CC2(CC(c3nc4ccccc4s3)C2)C1. The Morgan fingerprint density at radius 3 is 2.76 bits per heavy atom. The summed E-state index contributed by atoms with van der Waals surface area (Å²) in [4.78, 5) is 7.21. The van der Waals surface area contributed by atoms with Crippen LogP contribution in [0.1, 0.15) is 23.8 Å². The number of aromatic nitrogens is 1. The van der Waals surface area contributed by atoms with E-state index in [1.165, 1.54) is 41.2 Å². The normalized spacial score (nSPS) is 23.8. The lowest BCUT2D eigenvalue weighted by Gasteiger charge is -2.58. The average Bonchev–Trinajstić information content (AvgIpc) is 2.64. The van der Waals surface area contributed by atoms with Gasteiger partial charge in [-0.3, -0.25) is 0 Å². The van der Waals surface area contributed by atoms with E-state index >= 15 is 0 Å². The van der Waals surface area contributed by atoms with Crippen LogP contribution in [-0.4, -0.2) is 30.0 Å². The maximum atomic E-state index is 4.78. The first kappa shape index (κ1) is 10.0.